The monoisotopic (exact) mass is 453 g/mol. The van der Waals surface area contributed by atoms with Crippen molar-refractivity contribution in [3.63, 3.8) is 0 Å². The van der Waals surface area contributed by atoms with Gasteiger partial charge in [-0.15, -0.1) is 0 Å². The first kappa shape index (κ1) is 22.8. The third-order valence-electron chi connectivity index (χ3n) is 6.05. The van der Waals surface area contributed by atoms with Crippen molar-refractivity contribution >= 4 is 22.7 Å². The zero-order valence-electron chi connectivity index (χ0n) is 18.9. The lowest BCUT2D eigenvalue weighted by molar-refractivity contribution is -0.142. The molecule has 0 amide bonds. The fourth-order valence-electron chi connectivity index (χ4n) is 4.28. The molecule has 1 aromatic heterocycles. The molecule has 8 nitrogen and oxygen atoms in total. The first-order valence-electron chi connectivity index (χ1n) is 10.9. The highest BCUT2D eigenvalue weighted by atomic mass is 16.5. The average molecular weight is 453 g/mol. The molecule has 2 aromatic rings. The van der Waals surface area contributed by atoms with Crippen LogP contribution in [0.25, 0.3) is 11.0 Å². The standard InChI is InChI=1S/C25H27NO7/c1-15(10-12-31-17-8-6-16-7-9-21(27)32-20(16)13-17)22-18(23(28)25(2,3)33-22)14-26-11-4-5-19(26)24(29)30/h6-10,13,19H,4-5,11-12,14H2,1-3H3,(H,29,30)/b15-10+. The smallest absolute Gasteiger partial charge is 0.336 e. The molecule has 1 unspecified atom stereocenters. The van der Waals surface area contributed by atoms with Crippen molar-refractivity contribution in [2.45, 2.75) is 45.3 Å². The molecule has 2 aliphatic heterocycles. The van der Waals surface area contributed by atoms with Gasteiger partial charge in [0.25, 0.3) is 0 Å². The van der Waals surface area contributed by atoms with E-state index in [-0.39, 0.29) is 18.9 Å². The second-order valence-electron chi connectivity index (χ2n) is 8.87. The first-order valence-corrected chi connectivity index (χ1v) is 10.9. The van der Waals surface area contributed by atoms with E-state index in [0.717, 1.165) is 17.4 Å². The summed E-state index contributed by atoms with van der Waals surface area (Å²) in [6, 6.07) is 7.72. The van der Waals surface area contributed by atoms with Gasteiger partial charge < -0.3 is 19.0 Å². The van der Waals surface area contributed by atoms with E-state index in [9.17, 15) is 19.5 Å². The summed E-state index contributed by atoms with van der Waals surface area (Å²) in [6.07, 6.45) is 3.17. The largest absolute Gasteiger partial charge is 0.489 e. The third-order valence-corrected chi connectivity index (χ3v) is 6.05. The number of Topliss-reactive ketones (excluding diaryl/α,β-unsaturated/α-hetero) is 1. The van der Waals surface area contributed by atoms with E-state index in [0.29, 0.717) is 35.6 Å². The van der Waals surface area contributed by atoms with Crippen molar-refractivity contribution in [1.29, 1.82) is 0 Å². The highest BCUT2D eigenvalue weighted by molar-refractivity contribution is 6.04. The molecule has 0 aliphatic carbocycles. The number of allylic oxidation sites excluding steroid dienone is 1. The Kier molecular flexibility index (Phi) is 6.12. The maximum atomic E-state index is 13.0. The van der Waals surface area contributed by atoms with Crippen LogP contribution >= 0.6 is 0 Å². The third kappa shape index (κ3) is 4.71. The number of hydrogen-bond acceptors (Lipinski definition) is 7. The van der Waals surface area contributed by atoms with Gasteiger partial charge in [-0.2, -0.15) is 0 Å². The van der Waals surface area contributed by atoms with Crippen molar-refractivity contribution < 1.29 is 28.6 Å². The molecular formula is C25H27NO7. The molecule has 174 valence electrons. The van der Waals surface area contributed by atoms with E-state index in [4.69, 9.17) is 13.9 Å². The van der Waals surface area contributed by atoms with Gasteiger partial charge in [-0.3, -0.25) is 14.5 Å². The van der Waals surface area contributed by atoms with Gasteiger partial charge in [0.2, 0.25) is 5.78 Å². The number of ketones is 1. The maximum absolute atomic E-state index is 13.0. The molecule has 0 radical (unpaired) electrons. The van der Waals surface area contributed by atoms with E-state index in [1.807, 2.05) is 17.9 Å². The van der Waals surface area contributed by atoms with Crippen LogP contribution < -0.4 is 10.4 Å². The highest BCUT2D eigenvalue weighted by Crippen LogP contribution is 2.35. The number of rotatable bonds is 7. The van der Waals surface area contributed by atoms with Crippen LogP contribution in [0.5, 0.6) is 5.75 Å². The topological polar surface area (TPSA) is 106 Å². The molecule has 8 heteroatoms. The van der Waals surface area contributed by atoms with Gasteiger partial charge in [-0.05, 0) is 70.0 Å². The Morgan fingerprint density at radius 1 is 1.27 bits per heavy atom. The van der Waals surface area contributed by atoms with E-state index >= 15 is 0 Å². The van der Waals surface area contributed by atoms with Gasteiger partial charge in [0.15, 0.2) is 5.60 Å². The van der Waals surface area contributed by atoms with Crippen molar-refractivity contribution in [2.75, 3.05) is 19.7 Å². The molecule has 33 heavy (non-hydrogen) atoms. The zero-order chi connectivity index (χ0) is 23.8. The predicted molar refractivity (Wildman–Crippen MR) is 121 cm³/mol. The summed E-state index contributed by atoms with van der Waals surface area (Å²) in [4.78, 5) is 37.8. The Bertz CT molecular complexity index is 1220. The van der Waals surface area contributed by atoms with Crippen LogP contribution in [0.3, 0.4) is 0 Å². The van der Waals surface area contributed by atoms with E-state index in [2.05, 4.69) is 0 Å². The number of carbonyl (C=O) groups is 2. The minimum Gasteiger partial charge on any atom is -0.489 e. The average Bonchev–Trinajstić information content (AvgIpc) is 3.32. The van der Waals surface area contributed by atoms with Crippen LogP contribution in [-0.2, 0) is 14.3 Å². The molecule has 0 spiro atoms. The molecule has 1 aromatic carbocycles. The van der Waals surface area contributed by atoms with Crippen LogP contribution in [0.15, 0.2) is 62.5 Å². The zero-order valence-corrected chi connectivity index (χ0v) is 18.9. The predicted octanol–water partition coefficient (Wildman–Crippen LogP) is 3.30. The summed E-state index contributed by atoms with van der Waals surface area (Å²) in [5.41, 5.74) is 0.241. The van der Waals surface area contributed by atoms with E-state index in [1.54, 1.807) is 38.1 Å². The summed E-state index contributed by atoms with van der Waals surface area (Å²) in [6.45, 7) is 6.35. The summed E-state index contributed by atoms with van der Waals surface area (Å²) in [5, 5.41) is 10.3. The summed E-state index contributed by atoms with van der Waals surface area (Å²) in [5.74, 6) is 0.0216. The van der Waals surface area contributed by atoms with Crippen LogP contribution in [-0.4, -0.2) is 53.1 Å². The van der Waals surface area contributed by atoms with Crippen molar-refractivity contribution in [3.8, 4) is 5.75 Å². The normalized spacial score (nSPS) is 21.0. The molecule has 3 heterocycles. The number of nitrogens with zero attached hydrogens (tertiary/aromatic N) is 1. The summed E-state index contributed by atoms with van der Waals surface area (Å²) in [7, 11) is 0. The van der Waals surface area contributed by atoms with Gasteiger partial charge in [0, 0.05) is 24.1 Å². The number of carboxylic acids is 1. The van der Waals surface area contributed by atoms with Gasteiger partial charge in [-0.25, -0.2) is 4.79 Å². The van der Waals surface area contributed by atoms with Crippen molar-refractivity contribution in [1.82, 2.24) is 4.90 Å². The molecule has 1 fully saturated rings. The summed E-state index contributed by atoms with van der Waals surface area (Å²) >= 11 is 0. The number of aliphatic carboxylic acids is 1. The Morgan fingerprint density at radius 2 is 2.03 bits per heavy atom. The quantitative estimate of drug-likeness (QED) is 0.637. The fourth-order valence-corrected chi connectivity index (χ4v) is 4.28. The Labute approximate surface area is 191 Å². The molecule has 1 N–H and O–H groups in total. The second-order valence-corrected chi connectivity index (χ2v) is 8.87. The Hall–Kier alpha value is -3.39. The molecule has 4 rings (SSSR count). The fraction of sp³-hybridized carbons (Fsp3) is 0.400. The number of carbonyl (C=O) groups excluding carboxylic acids is 1. The number of fused-ring (bicyclic) bond motifs is 1. The highest BCUT2D eigenvalue weighted by Gasteiger charge is 2.44. The van der Waals surface area contributed by atoms with Gasteiger partial charge in [0.1, 0.15) is 29.7 Å². The molecule has 1 atom stereocenters. The molecule has 0 bridgehead atoms. The number of likely N-dealkylation sites (tertiary alicyclic amines) is 1. The molecular weight excluding hydrogens is 426 g/mol. The van der Waals surface area contributed by atoms with Crippen LogP contribution in [0.2, 0.25) is 0 Å². The van der Waals surface area contributed by atoms with E-state index < -0.39 is 23.2 Å². The Morgan fingerprint density at radius 3 is 2.79 bits per heavy atom. The van der Waals surface area contributed by atoms with Crippen molar-refractivity contribution in [2.24, 2.45) is 0 Å². The number of ether oxygens (including phenoxy) is 2. The van der Waals surface area contributed by atoms with Gasteiger partial charge >= 0.3 is 11.6 Å². The minimum atomic E-state index is -1.01. The lowest BCUT2D eigenvalue weighted by atomic mass is 9.97. The van der Waals surface area contributed by atoms with Crippen LogP contribution in [0.1, 0.15) is 33.6 Å². The number of hydrogen-bond donors (Lipinski definition) is 1. The van der Waals surface area contributed by atoms with Crippen molar-refractivity contribution in [3.05, 3.63) is 63.7 Å². The number of benzene rings is 1. The van der Waals surface area contributed by atoms with E-state index in [1.165, 1.54) is 6.07 Å². The number of carboxylic acid groups (broad SMARTS) is 1. The Balaban J connectivity index is 1.52. The maximum Gasteiger partial charge on any atom is 0.336 e. The van der Waals surface area contributed by atoms with Crippen LogP contribution in [0.4, 0.5) is 0 Å². The molecule has 2 aliphatic rings. The lowest BCUT2D eigenvalue weighted by Crippen LogP contribution is -2.39. The van der Waals surface area contributed by atoms with Crippen LogP contribution in [0, 0.1) is 0 Å². The SMILES string of the molecule is C/C(=C\COc1ccc2ccc(=O)oc2c1)C1=C(CN2CCCC2C(=O)O)C(=O)C(C)(C)O1. The molecule has 1 saturated heterocycles. The molecule has 0 saturated carbocycles. The second kappa shape index (κ2) is 8.86. The summed E-state index contributed by atoms with van der Waals surface area (Å²) < 4.78 is 17.0. The first-order chi connectivity index (χ1) is 15.7. The minimum absolute atomic E-state index is 0.133. The lowest BCUT2D eigenvalue weighted by Gasteiger charge is -2.21. The van der Waals surface area contributed by atoms with Gasteiger partial charge in [-0.1, -0.05) is 0 Å². The van der Waals surface area contributed by atoms with Gasteiger partial charge in [0.05, 0.1) is 5.57 Å².